The number of rotatable bonds is 2. The molecule has 1 saturated heterocycles. The molecule has 3 rings (SSSR count). The van der Waals surface area contributed by atoms with Crippen molar-refractivity contribution in [2.45, 2.75) is 18.4 Å². The van der Waals surface area contributed by atoms with E-state index < -0.39 is 5.60 Å². The highest BCUT2D eigenvalue weighted by molar-refractivity contribution is 6.06. The molecule has 110 valence electrons. The highest BCUT2D eigenvalue weighted by Crippen LogP contribution is 2.25. The topological polar surface area (TPSA) is 73.7 Å². The molecule has 0 bridgehead atoms. The van der Waals surface area contributed by atoms with Gasteiger partial charge in [0.15, 0.2) is 0 Å². The molecule has 5 nitrogen and oxygen atoms in total. The van der Waals surface area contributed by atoms with Crippen LogP contribution in [-0.4, -0.2) is 51.3 Å². The Labute approximate surface area is 122 Å². The van der Waals surface area contributed by atoms with Crippen molar-refractivity contribution in [3.8, 4) is 0 Å². The number of pyridine rings is 1. The molecule has 0 aliphatic carbocycles. The van der Waals surface area contributed by atoms with Gasteiger partial charge in [-0.25, -0.2) is 0 Å². The number of piperidine rings is 1. The minimum atomic E-state index is -1.04. The van der Waals surface area contributed by atoms with Crippen molar-refractivity contribution in [3.63, 3.8) is 0 Å². The number of fused-ring (bicyclic) bond motifs is 1. The highest BCUT2D eigenvalue weighted by Gasteiger charge is 2.33. The van der Waals surface area contributed by atoms with Crippen molar-refractivity contribution >= 4 is 16.7 Å². The molecule has 1 fully saturated rings. The minimum absolute atomic E-state index is 0.0354. The molecular formula is C16H18N2O3. The smallest absolute Gasteiger partial charge is 0.254 e. The number of carbonyl (C=O) groups excluding carboxylic acids is 1. The van der Waals surface area contributed by atoms with E-state index in [-0.39, 0.29) is 12.5 Å². The molecule has 21 heavy (non-hydrogen) atoms. The van der Waals surface area contributed by atoms with E-state index in [1.165, 1.54) is 0 Å². The Hall–Kier alpha value is -1.98. The summed E-state index contributed by atoms with van der Waals surface area (Å²) in [6.45, 7) is 0.656. The van der Waals surface area contributed by atoms with E-state index in [0.717, 1.165) is 10.8 Å². The van der Waals surface area contributed by atoms with Gasteiger partial charge in [0.25, 0.3) is 5.91 Å². The zero-order valence-electron chi connectivity index (χ0n) is 11.7. The Kier molecular flexibility index (Phi) is 3.61. The molecule has 0 radical (unpaired) electrons. The fraction of sp³-hybridized carbons (Fsp3) is 0.375. The summed E-state index contributed by atoms with van der Waals surface area (Å²) in [5.41, 5.74) is -0.385. The zero-order valence-corrected chi connectivity index (χ0v) is 11.7. The Bertz CT molecular complexity index is 658. The third kappa shape index (κ3) is 2.62. The molecule has 2 heterocycles. The van der Waals surface area contributed by atoms with E-state index in [4.69, 9.17) is 0 Å². The summed E-state index contributed by atoms with van der Waals surface area (Å²) in [4.78, 5) is 18.5. The van der Waals surface area contributed by atoms with Crippen molar-refractivity contribution in [2.75, 3.05) is 19.7 Å². The number of hydrogen-bond donors (Lipinski definition) is 2. The maximum absolute atomic E-state index is 12.7. The minimum Gasteiger partial charge on any atom is -0.393 e. The monoisotopic (exact) mass is 286 g/mol. The number of nitrogens with zero attached hydrogens (tertiary/aromatic N) is 2. The molecule has 5 heteroatoms. The summed E-state index contributed by atoms with van der Waals surface area (Å²) >= 11 is 0. The van der Waals surface area contributed by atoms with Crippen LogP contribution < -0.4 is 0 Å². The van der Waals surface area contributed by atoms with Gasteiger partial charge < -0.3 is 15.1 Å². The van der Waals surface area contributed by atoms with Gasteiger partial charge in [0.05, 0.1) is 12.2 Å². The van der Waals surface area contributed by atoms with E-state index in [2.05, 4.69) is 4.98 Å². The van der Waals surface area contributed by atoms with E-state index in [9.17, 15) is 15.0 Å². The van der Waals surface area contributed by atoms with Crippen LogP contribution in [0.5, 0.6) is 0 Å². The first-order chi connectivity index (χ1) is 10.1. The first-order valence-electron chi connectivity index (χ1n) is 7.08. The van der Waals surface area contributed by atoms with E-state index in [0.29, 0.717) is 31.5 Å². The molecule has 0 saturated carbocycles. The fourth-order valence-electron chi connectivity index (χ4n) is 2.76. The second-order valence-electron chi connectivity index (χ2n) is 5.58. The summed E-state index contributed by atoms with van der Waals surface area (Å²) in [5, 5.41) is 21.0. The van der Waals surface area contributed by atoms with Crippen molar-refractivity contribution in [1.82, 2.24) is 9.88 Å². The van der Waals surface area contributed by atoms with Gasteiger partial charge in [0.1, 0.15) is 0 Å². The molecule has 0 atom stereocenters. The van der Waals surface area contributed by atoms with Crippen LogP contribution in [0.15, 0.2) is 36.7 Å². The van der Waals surface area contributed by atoms with Gasteiger partial charge in [-0.2, -0.15) is 0 Å². The molecular weight excluding hydrogens is 268 g/mol. The summed E-state index contributed by atoms with van der Waals surface area (Å²) in [6.07, 6.45) is 4.23. The second-order valence-corrected chi connectivity index (χ2v) is 5.58. The van der Waals surface area contributed by atoms with Crippen LogP contribution in [0.1, 0.15) is 23.2 Å². The zero-order chi connectivity index (χ0) is 14.9. The van der Waals surface area contributed by atoms with Crippen LogP contribution in [0.4, 0.5) is 0 Å². The normalized spacial score (nSPS) is 17.9. The fourth-order valence-corrected chi connectivity index (χ4v) is 2.76. The SMILES string of the molecule is O=C(c1cccc2cnccc12)N1CCC(O)(CO)CC1. The number of aromatic nitrogens is 1. The van der Waals surface area contributed by atoms with Crippen molar-refractivity contribution < 1.29 is 15.0 Å². The molecule has 0 unspecified atom stereocenters. The van der Waals surface area contributed by atoms with Crippen LogP contribution in [0.25, 0.3) is 10.8 Å². The summed E-state index contributed by atoms with van der Waals surface area (Å²) in [7, 11) is 0. The Morgan fingerprint density at radius 3 is 2.76 bits per heavy atom. The molecule has 0 spiro atoms. The number of aliphatic hydroxyl groups is 2. The summed E-state index contributed by atoms with van der Waals surface area (Å²) in [5.74, 6) is -0.0354. The summed E-state index contributed by atoms with van der Waals surface area (Å²) < 4.78 is 0. The van der Waals surface area contributed by atoms with Crippen molar-refractivity contribution in [2.24, 2.45) is 0 Å². The van der Waals surface area contributed by atoms with E-state index in [1.807, 2.05) is 24.3 Å². The molecule has 1 amide bonds. The predicted molar refractivity (Wildman–Crippen MR) is 78.9 cm³/mol. The van der Waals surface area contributed by atoms with Crippen molar-refractivity contribution in [3.05, 3.63) is 42.2 Å². The molecule has 2 N–H and O–H groups in total. The van der Waals surface area contributed by atoms with E-state index in [1.54, 1.807) is 17.3 Å². The maximum Gasteiger partial charge on any atom is 0.254 e. The number of benzene rings is 1. The van der Waals surface area contributed by atoms with Gasteiger partial charge in [-0.3, -0.25) is 9.78 Å². The first-order valence-corrected chi connectivity index (χ1v) is 7.08. The standard InChI is InChI=1S/C16H18N2O3/c19-11-16(21)5-8-18(9-6-16)15(20)14-3-1-2-12-10-17-7-4-13(12)14/h1-4,7,10,19,21H,5-6,8-9,11H2. The number of hydrogen-bond acceptors (Lipinski definition) is 4. The van der Waals surface area contributed by atoms with Crippen LogP contribution in [0, 0.1) is 0 Å². The van der Waals surface area contributed by atoms with Gasteiger partial charge in [-0.1, -0.05) is 12.1 Å². The van der Waals surface area contributed by atoms with Crippen LogP contribution in [-0.2, 0) is 0 Å². The molecule has 1 aromatic heterocycles. The van der Waals surface area contributed by atoms with E-state index >= 15 is 0 Å². The Morgan fingerprint density at radius 2 is 2.05 bits per heavy atom. The number of carbonyl (C=O) groups is 1. The largest absolute Gasteiger partial charge is 0.393 e. The molecule has 1 aliphatic rings. The predicted octanol–water partition coefficient (Wildman–Crippen LogP) is 1.19. The van der Waals surface area contributed by atoms with Crippen LogP contribution in [0.2, 0.25) is 0 Å². The number of amides is 1. The highest BCUT2D eigenvalue weighted by atomic mass is 16.3. The first kappa shape index (κ1) is 14.0. The average molecular weight is 286 g/mol. The lowest BCUT2D eigenvalue weighted by Gasteiger charge is -2.37. The third-order valence-electron chi connectivity index (χ3n) is 4.19. The average Bonchev–Trinajstić information content (AvgIpc) is 2.54. The Morgan fingerprint density at radius 1 is 1.29 bits per heavy atom. The molecule has 1 aliphatic heterocycles. The number of likely N-dealkylation sites (tertiary alicyclic amines) is 1. The van der Waals surface area contributed by atoms with Crippen LogP contribution in [0.3, 0.4) is 0 Å². The van der Waals surface area contributed by atoms with Gasteiger partial charge in [-0.15, -0.1) is 0 Å². The number of aliphatic hydroxyl groups excluding tert-OH is 1. The maximum atomic E-state index is 12.7. The lowest BCUT2D eigenvalue weighted by atomic mass is 9.92. The quantitative estimate of drug-likeness (QED) is 0.870. The third-order valence-corrected chi connectivity index (χ3v) is 4.19. The lowest BCUT2D eigenvalue weighted by Crippen LogP contribution is -2.48. The lowest BCUT2D eigenvalue weighted by molar-refractivity contribution is -0.0545. The molecule has 1 aromatic carbocycles. The second kappa shape index (κ2) is 5.42. The van der Waals surface area contributed by atoms with Gasteiger partial charge >= 0.3 is 0 Å². The Balaban J connectivity index is 1.85. The van der Waals surface area contributed by atoms with Gasteiger partial charge in [0, 0.05) is 36.4 Å². The molecule has 2 aromatic rings. The van der Waals surface area contributed by atoms with Gasteiger partial charge in [0.2, 0.25) is 0 Å². The van der Waals surface area contributed by atoms with Crippen molar-refractivity contribution in [1.29, 1.82) is 0 Å². The summed E-state index contributed by atoms with van der Waals surface area (Å²) in [6, 6.07) is 7.44. The van der Waals surface area contributed by atoms with Crippen LogP contribution >= 0.6 is 0 Å². The van der Waals surface area contributed by atoms with Gasteiger partial charge in [-0.05, 0) is 30.4 Å².